The number of nitrogens with one attached hydrogen (secondary N) is 1. The van der Waals surface area contributed by atoms with Gasteiger partial charge < -0.3 is 5.32 Å². The van der Waals surface area contributed by atoms with Crippen LogP contribution >= 0.6 is 23.2 Å². The maximum absolute atomic E-state index is 13.6. The number of fused-ring (bicyclic) bond motifs is 1. The molecule has 0 aliphatic carbocycles. The lowest BCUT2D eigenvalue weighted by molar-refractivity contribution is 0.776. The highest BCUT2D eigenvalue weighted by atomic mass is 35.5. The van der Waals surface area contributed by atoms with Crippen molar-refractivity contribution in [2.24, 2.45) is 0 Å². The summed E-state index contributed by atoms with van der Waals surface area (Å²) in [6.45, 7) is 5.83. The van der Waals surface area contributed by atoms with Crippen LogP contribution in [0.3, 0.4) is 0 Å². The number of aryl methyl sites for hydroxylation is 1. The summed E-state index contributed by atoms with van der Waals surface area (Å²) in [7, 11) is 0. The number of para-hydroxylation sites is 1. The topological polar surface area (TPSA) is 46.9 Å². The Morgan fingerprint density at radius 1 is 1.03 bits per heavy atom. The van der Waals surface area contributed by atoms with Gasteiger partial charge >= 0.3 is 0 Å². The Kier molecular flexibility index (Phi) is 5.54. The third-order valence-electron chi connectivity index (χ3n) is 5.32. The van der Waals surface area contributed by atoms with E-state index in [0.717, 1.165) is 33.3 Å². The highest BCUT2D eigenvalue weighted by molar-refractivity contribution is 6.35. The molecule has 0 spiro atoms. The van der Waals surface area contributed by atoms with Crippen molar-refractivity contribution in [2.45, 2.75) is 26.8 Å². The molecule has 4 aromatic rings. The van der Waals surface area contributed by atoms with E-state index in [-0.39, 0.29) is 11.6 Å². The summed E-state index contributed by atoms with van der Waals surface area (Å²) >= 11 is 12.6. The van der Waals surface area contributed by atoms with Crippen LogP contribution in [0, 0.1) is 13.8 Å². The second kappa shape index (κ2) is 8.13. The maximum Gasteiger partial charge on any atom is 0.263 e. The molecule has 2 aromatic heterocycles. The van der Waals surface area contributed by atoms with Crippen LogP contribution in [0.1, 0.15) is 29.8 Å². The summed E-state index contributed by atoms with van der Waals surface area (Å²) in [6.07, 6.45) is 1.53. The summed E-state index contributed by atoms with van der Waals surface area (Å²) in [5.41, 5.74) is 4.02. The van der Waals surface area contributed by atoms with Crippen molar-refractivity contribution in [3.63, 3.8) is 0 Å². The van der Waals surface area contributed by atoms with Crippen LogP contribution in [0.15, 0.2) is 65.6 Å². The Balaban J connectivity index is 1.94. The minimum atomic E-state index is -0.225. The third kappa shape index (κ3) is 3.57. The monoisotopic (exact) mass is 437 g/mol. The lowest BCUT2D eigenvalue weighted by atomic mass is 10.0. The number of anilines is 1. The van der Waals surface area contributed by atoms with Crippen molar-refractivity contribution in [2.75, 3.05) is 5.32 Å². The van der Waals surface area contributed by atoms with Crippen LogP contribution in [0.2, 0.25) is 10.2 Å². The van der Waals surface area contributed by atoms with Crippen LogP contribution < -0.4 is 10.9 Å². The van der Waals surface area contributed by atoms with E-state index in [1.165, 1.54) is 6.20 Å². The van der Waals surface area contributed by atoms with Crippen molar-refractivity contribution in [3.05, 3.63) is 98.1 Å². The molecular formula is C24H21Cl2N3O. The van der Waals surface area contributed by atoms with Gasteiger partial charge in [0.15, 0.2) is 0 Å². The van der Waals surface area contributed by atoms with Gasteiger partial charge in [0.05, 0.1) is 22.1 Å². The van der Waals surface area contributed by atoms with Crippen molar-refractivity contribution in [3.8, 4) is 5.69 Å². The Morgan fingerprint density at radius 2 is 1.77 bits per heavy atom. The lowest BCUT2D eigenvalue weighted by Crippen LogP contribution is -2.26. The van der Waals surface area contributed by atoms with Gasteiger partial charge in [-0.25, -0.2) is 4.98 Å². The van der Waals surface area contributed by atoms with Crippen LogP contribution in [0.4, 0.5) is 5.69 Å². The molecule has 0 amide bonds. The number of aromatic nitrogens is 2. The molecule has 0 saturated heterocycles. The van der Waals surface area contributed by atoms with Crippen LogP contribution in [0.5, 0.6) is 0 Å². The van der Waals surface area contributed by atoms with Gasteiger partial charge in [-0.05, 0) is 49.9 Å². The molecule has 0 unspecified atom stereocenters. The highest BCUT2D eigenvalue weighted by Crippen LogP contribution is 2.33. The van der Waals surface area contributed by atoms with E-state index in [1.54, 1.807) is 4.57 Å². The molecule has 0 aliphatic rings. The van der Waals surface area contributed by atoms with Crippen molar-refractivity contribution >= 4 is 39.7 Å². The fourth-order valence-corrected chi connectivity index (χ4v) is 4.13. The van der Waals surface area contributed by atoms with Crippen LogP contribution in [0.25, 0.3) is 16.5 Å². The fraction of sp³-hybridized carbons (Fsp3) is 0.167. The molecule has 2 aromatic carbocycles. The first-order chi connectivity index (χ1) is 14.4. The van der Waals surface area contributed by atoms with Crippen molar-refractivity contribution in [1.29, 1.82) is 0 Å². The van der Waals surface area contributed by atoms with Crippen molar-refractivity contribution < 1.29 is 0 Å². The number of pyridine rings is 2. The predicted octanol–water partition coefficient (Wildman–Crippen LogP) is 6.48. The van der Waals surface area contributed by atoms with E-state index in [1.807, 2.05) is 69.3 Å². The van der Waals surface area contributed by atoms with E-state index in [2.05, 4.69) is 16.4 Å². The molecule has 0 bridgehead atoms. The van der Waals surface area contributed by atoms with Gasteiger partial charge in [-0.3, -0.25) is 9.36 Å². The molecule has 1 atom stereocenters. The Bertz CT molecular complexity index is 1300. The van der Waals surface area contributed by atoms with Gasteiger partial charge in [0, 0.05) is 23.1 Å². The smallest absolute Gasteiger partial charge is 0.263 e. The third-order valence-corrected chi connectivity index (χ3v) is 5.98. The van der Waals surface area contributed by atoms with E-state index in [9.17, 15) is 4.79 Å². The Labute approximate surface area is 185 Å². The lowest BCUT2D eigenvalue weighted by Gasteiger charge is -2.23. The minimum Gasteiger partial charge on any atom is -0.375 e. The molecule has 2 heterocycles. The number of benzene rings is 2. The number of hydrogen-bond donors (Lipinski definition) is 1. The van der Waals surface area contributed by atoms with Gasteiger partial charge in [0.2, 0.25) is 0 Å². The zero-order chi connectivity index (χ0) is 21.4. The van der Waals surface area contributed by atoms with E-state index in [4.69, 9.17) is 23.2 Å². The number of hydrogen-bond acceptors (Lipinski definition) is 3. The van der Waals surface area contributed by atoms with Gasteiger partial charge in [-0.2, -0.15) is 0 Å². The quantitative estimate of drug-likeness (QED) is 0.371. The highest BCUT2D eigenvalue weighted by Gasteiger charge is 2.19. The van der Waals surface area contributed by atoms with Gasteiger partial charge in [0.25, 0.3) is 5.56 Å². The molecule has 152 valence electrons. The molecule has 0 aliphatic heterocycles. The minimum absolute atomic E-state index is 0.0453. The SMILES string of the molecule is Cc1c(Cl)ncc(Cl)c1N[C@@H](C)c1cc2cccc(C)c2c(=O)n1-c1ccccc1. The van der Waals surface area contributed by atoms with Gasteiger partial charge in [-0.15, -0.1) is 0 Å². The molecule has 1 N–H and O–H groups in total. The summed E-state index contributed by atoms with van der Waals surface area (Å²) in [5, 5.41) is 5.94. The molecule has 30 heavy (non-hydrogen) atoms. The standard InChI is InChI=1S/C24H21Cl2N3O/c1-14-8-7-9-17-12-20(16(3)28-22-15(2)23(26)27-13-19(22)25)29(24(30)21(14)17)18-10-5-4-6-11-18/h4-13,16H,1-3H3,(H,27,28)/t16-/m0/s1. The van der Waals surface area contributed by atoms with Gasteiger partial charge in [0.1, 0.15) is 5.15 Å². The maximum atomic E-state index is 13.6. The first-order valence-electron chi connectivity index (χ1n) is 9.66. The number of nitrogens with zero attached hydrogens (tertiary/aromatic N) is 2. The van der Waals surface area contributed by atoms with Crippen LogP contribution in [-0.2, 0) is 0 Å². The average Bonchev–Trinajstić information content (AvgIpc) is 2.74. The summed E-state index contributed by atoms with van der Waals surface area (Å²) in [4.78, 5) is 17.7. The van der Waals surface area contributed by atoms with E-state index >= 15 is 0 Å². The molecule has 0 saturated carbocycles. The number of halogens is 2. The first-order valence-corrected chi connectivity index (χ1v) is 10.4. The fourth-order valence-electron chi connectivity index (χ4n) is 3.74. The summed E-state index contributed by atoms with van der Waals surface area (Å²) < 4.78 is 1.76. The van der Waals surface area contributed by atoms with Gasteiger partial charge in [-0.1, -0.05) is 59.6 Å². The van der Waals surface area contributed by atoms with E-state index in [0.29, 0.717) is 15.9 Å². The summed E-state index contributed by atoms with van der Waals surface area (Å²) in [6, 6.07) is 17.4. The van der Waals surface area contributed by atoms with Crippen LogP contribution in [-0.4, -0.2) is 9.55 Å². The van der Waals surface area contributed by atoms with E-state index < -0.39 is 0 Å². The molecule has 6 heteroatoms. The Morgan fingerprint density at radius 3 is 2.50 bits per heavy atom. The molecule has 0 radical (unpaired) electrons. The molecule has 4 nitrogen and oxygen atoms in total. The molecule has 0 fully saturated rings. The second-order valence-corrected chi connectivity index (χ2v) is 8.11. The Hall–Kier alpha value is -2.82. The summed E-state index contributed by atoms with van der Waals surface area (Å²) in [5.74, 6) is 0. The largest absolute Gasteiger partial charge is 0.375 e. The zero-order valence-electron chi connectivity index (χ0n) is 16.9. The molecule has 4 rings (SSSR count). The predicted molar refractivity (Wildman–Crippen MR) is 125 cm³/mol. The molecular weight excluding hydrogens is 417 g/mol. The normalized spacial score (nSPS) is 12.2. The second-order valence-electron chi connectivity index (χ2n) is 7.35. The number of rotatable bonds is 4. The van der Waals surface area contributed by atoms with Crippen molar-refractivity contribution in [1.82, 2.24) is 9.55 Å². The average molecular weight is 438 g/mol. The zero-order valence-corrected chi connectivity index (χ0v) is 18.4. The first kappa shape index (κ1) is 20.5.